The van der Waals surface area contributed by atoms with E-state index in [9.17, 15) is 4.79 Å². The Morgan fingerprint density at radius 3 is 2.76 bits per heavy atom. The molecular formula is C15H21BrN4O. The summed E-state index contributed by atoms with van der Waals surface area (Å²) in [6.45, 7) is 2.67. The highest BCUT2D eigenvalue weighted by Gasteiger charge is 2.13. The fourth-order valence-corrected chi connectivity index (χ4v) is 2.34. The highest BCUT2D eigenvalue weighted by molar-refractivity contribution is 9.10. The quantitative estimate of drug-likeness (QED) is 0.732. The highest BCUT2D eigenvalue weighted by Crippen LogP contribution is 2.14. The van der Waals surface area contributed by atoms with Crippen molar-refractivity contribution in [2.24, 2.45) is 4.99 Å². The molecule has 0 aliphatic carbocycles. The van der Waals surface area contributed by atoms with Crippen molar-refractivity contribution in [3.05, 3.63) is 28.7 Å². The molecule has 1 unspecified atom stereocenters. The van der Waals surface area contributed by atoms with E-state index in [-0.39, 0.29) is 11.9 Å². The zero-order valence-electron chi connectivity index (χ0n) is 12.2. The smallest absolute Gasteiger partial charge is 0.260 e. The standard InChI is InChI=1S/C15H21BrN4O/c1-11(18-13-8-6-12(16)7-9-13)15(21)20-19-14-5-3-2-4-10-17-14/h6-9,11,18H,2-5,10H2,1H3,(H,17,19)(H,20,21). The summed E-state index contributed by atoms with van der Waals surface area (Å²) in [6, 6.07) is 7.40. The summed E-state index contributed by atoms with van der Waals surface area (Å²) in [5.74, 6) is 0.765. The first-order valence-corrected chi connectivity index (χ1v) is 8.06. The molecule has 6 heteroatoms. The first-order chi connectivity index (χ1) is 10.1. The molecule has 2 rings (SSSR count). The van der Waals surface area contributed by atoms with E-state index in [1.807, 2.05) is 31.2 Å². The predicted octanol–water partition coefficient (Wildman–Crippen LogP) is 2.84. The van der Waals surface area contributed by atoms with Crippen LogP contribution in [-0.4, -0.2) is 24.3 Å². The van der Waals surface area contributed by atoms with Crippen LogP contribution in [0.15, 0.2) is 33.7 Å². The van der Waals surface area contributed by atoms with Gasteiger partial charge in [0.15, 0.2) is 0 Å². The number of carbonyl (C=O) groups excluding carboxylic acids is 1. The molecule has 1 aromatic carbocycles. The van der Waals surface area contributed by atoms with Crippen molar-refractivity contribution >= 4 is 33.4 Å². The third-order valence-electron chi connectivity index (χ3n) is 3.33. The SMILES string of the molecule is CC(Nc1ccc(Br)cc1)C(=O)NNC1=NCCCCC1. The van der Waals surface area contributed by atoms with Gasteiger partial charge in [-0.3, -0.25) is 20.6 Å². The van der Waals surface area contributed by atoms with E-state index in [1.165, 1.54) is 6.42 Å². The topological polar surface area (TPSA) is 65.5 Å². The van der Waals surface area contributed by atoms with E-state index in [1.54, 1.807) is 0 Å². The zero-order valence-corrected chi connectivity index (χ0v) is 13.7. The zero-order chi connectivity index (χ0) is 15.1. The summed E-state index contributed by atoms with van der Waals surface area (Å²) >= 11 is 3.39. The second-order valence-electron chi connectivity index (χ2n) is 5.13. The molecular weight excluding hydrogens is 332 g/mol. The van der Waals surface area contributed by atoms with Crippen LogP contribution in [0.3, 0.4) is 0 Å². The molecule has 0 bridgehead atoms. The highest BCUT2D eigenvalue weighted by atomic mass is 79.9. The number of amides is 1. The van der Waals surface area contributed by atoms with Gasteiger partial charge in [-0.2, -0.15) is 0 Å². The van der Waals surface area contributed by atoms with Gasteiger partial charge in [0, 0.05) is 23.1 Å². The second kappa shape index (κ2) is 8.02. The predicted molar refractivity (Wildman–Crippen MR) is 89.3 cm³/mol. The fourth-order valence-electron chi connectivity index (χ4n) is 2.08. The largest absolute Gasteiger partial charge is 0.374 e. The number of halogens is 1. The Morgan fingerprint density at radius 2 is 2.00 bits per heavy atom. The Hall–Kier alpha value is -1.56. The van der Waals surface area contributed by atoms with Gasteiger partial charge in [-0.15, -0.1) is 0 Å². The lowest BCUT2D eigenvalue weighted by atomic mass is 10.2. The van der Waals surface area contributed by atoms with Crippen LogP contribution >= 0.6 is 15.9 Å². The molecule has 0 spiro atoms. The number of carbonyl (C=O) groups is 1. The first-order valence-electron chi connectivity index (χ1n) is 7.26. The number of nitrogens with one attached hydrogen (secondary N) is 3. The number of rotatable bonds is 3. The number of benzene rings is 1. The number of anilines is 1. The van der Waals surface area contributed by atoms with Gasteiger partial charge in [0.25, 0.3) is 5.91 Å². The molecule has 1 aliphatic heterocycles. The van der Waals surface area contributed by atoms with Crippen LogP contribution in [0.5, 0.6) is 0 Å². The maximum atomic E-state index is 12.0. The lowest BCUT2D eigenvalue weighted by molar-refractivity contribution is -0.122. The lowest BCUT2D eigenvalue weighted by Gasteiger charge is -2.16. The molecule has 114 valence electrons. The summed E-state index contributed by atoms with van der Waals surface area (Å²) in [5.41, 5.74) is 6.57. The Bertz CT molecular complexity index is 501. The fraction of sp³-hybridized carbons (Fsp3) is 0.467. The summed E-state index contributed by atoms with van der Waals surface area (Å²) in [4.78, 5) is 16.5. The van der Waals surface area contributed by atoms with Gasteiger partial charge in [-0.25, -0.2) is 0 Å². The Labute approximate surface area is 133 Å². The third kappa shape index (κ3) is 5.38. The molecule has 0 radical (unpaired) electrons. The van der Waals surface area contributed by atoms with Gasteiger partial charge in [0.1, 0.15) is 11.9 Å². The molecule has 1 aromatic rings. The van der Waals surface area contributed by atoms with E-state index in [0.717, 1.165) is 41.8 Å². The molecule has 1 heterocycles. The minimum atomic E-state index is -0.329. The summed E-state index contributed by atoms with van der Waals surface area (Å²) in [7, 11) is 0. The monoisotopic (exact) mass is 352 g/mol. The van der Waals surface area contributed by atoms with Crippen molar-refractivity contribution in [1.82, 2.24) is 10.9 Å². The van der Waals surface area contributed by atoms with Crippen LogP contribution in [0, 0.1) is 0 Å². The Morgan fingerprint density at radius 1 is 1.24 bits per heavy atom. The van der Waals surface area contributed by atoms with Gasteiger partial charge >= 0.3 is 0 Å². The second-order valence-corrected chi connectivity index (χ2v) is 6.04. The van der Waals surface area contributed by atoms with Gasteiger partial charge < -0.3 is 5.32 Å². The van der Waals surface area contributed by atoms with E-state index in [4.69, 9.17) is 0 Å². The average Bonchev–Trinajstić information content (AvgIpc) is 2.75. The van der Waals surface area contributed by atoms with Gasteiger partial charge in [0.05, 0.1) is 0 Å². The number of hydrogen-bond acceptors (Lipinski definition) is 4. The molecule has 3 N–H and O–H groups in total. The van der Waals surface area contributed by atoms with Crippen molar-refractivity contribution in [3.8, 4) is 0 Å². The Balaban J connectivity index is 1.79. The summed E-state index contributed by atoms with van der Waals surface area (Å²) in [5, 5.41) is 3.16. The summed E-state index contributed by atoms with van der Waals surface area (Å²) < 4.78 is 1.01. The van der Waals surface area contributed by atoms with Gasteiger partial charge in [0.2, 0.25) is 0 Å². The molecule has 0 saturated heterocycles. The molecule has 1 amide bonds. The van der Waals surface area contributed by atoms with Crippen molar-refractivity contribution in [1.29, 1.82) is 0 Å². The number of hydrazine groups is 1. The van der Waals surface area contributed by atoms with Crippen LogP contribution in [0.2, 0.25) is 0 Å². The number of aliphatic imine (C=N–C) groups is 1. The first kappa shape index (κ1) is 15.8. The molecule has 0 fully saturated rings. The summed E-state index contributed by atoms with van der Waals surface area (Å²) in [6.07, 6.45) is 4.34. The molecule has 0 aromatic heterocycles. The molecule has 1 aliphatic rings. The average molecular weight is 353 g/mol. The third-order valence-corrected chi connectivity index (χ3v) is 3.85. The Kier molecular flexibility index (Phi) is 6.04. The molecule has 21 heavy (non-hydrogen) atoms. The molecule has 0 saturated carbocycles. The van der Waals surface area contributed by atoms with Crippen LogP contribution < -0.4 is 16.2 Å². The van der Waals surface area contributed by atoms with E-state index in [2.05, 4.69) is 37.1 Å². The van der Waals surface area contributed by atoms with Crippen LogP contribution in [0.4, 0.5) is 5.69 Å². The number of amidine groups is 1. The van der Waals surface area contributed by atoms with E-state index in [0.29, 0.717) is 0 Å². The van der Waals surface area contributed by atoms with E-state index < -0.39 is 0 Å². The van der Waals surface area contributed by atoms with Crippen molar-refractivity contribution in [2.75, 3.05) is 11.9 Å². The van der Waals surface area contributed by atoms with Crippen LogP contribution in [0.25, 0.3) is 0 Å². The van der Waals surface area contributed by atoms with Crippen LogP contribution in [-0.2, 0) is 4.79 Å². The maximum Gasteiger partial charge on any atom is 0.260 e. The maximum absolute atomic E-state index is 12.0. The lowest BCUT2D eigenvalue weighted by Crippen LogP contribution is -2.47. The van der Waals surface area contributed by atoms with Gasteiger partial charge in [-0.1, -0.05) is 22.4 Å². The van der Waals surface area contributed by atoms with E-state index >= 15 is 0 Å². The molecule has 5 nitrogen and oxygen atoms in total. The van der Waals surface area contributed by atoms with Crippen molar-refractivity contribution in [3.63, 3.8) is 0 Å². The van der Waals surface area contributed by atoms with Crippen molar-refractivity contribution in [2.45, 2.75) is 38.6 Å². The van der Waals surface area contributed by atoms with Gasteiger partial charge in [-0.05, 0) is 44.0 Å². The minimum absolute atomic E-state index is 0.107. The normalized spacial score (nSPS) is 16.4. The number of nitrogens with zero attached hydrogens (tertiary/aromatic N) is 1. The van der Waals surface area contributed by atoms with Crippen LogP contribution in [0.1, 0.15) is 32.6 Å². The van der Waals surface area contributed by atoms with Crippen molar-refractivity contribution < 1.29 is 4.79 Å². The minimum Gasteiger partial charge on any atom is -0.374 e. The number of hydrogen-bond donors (Lipinski definition) is 3. The molecule has 1 atom stereocenters.